The van der Waals surface area contributed by atoms with Crippen molar-refractivity contribution in [1.29, 1.82) is 0 Å². The molecule has 0 spiro atoms. The Bertz CT molecular complexity index is 449. The minimum absolute atomic E-state index is 0.176. The zero-order valence-electron chi connectivity index (χ0n) is 13.0. The van der Waals surface area contributed by atoms with Crippen LogP contribution in [0.25, 0.3) is 0 Å². The Hall–Kier alpha value is -1.59. The van der Waals surface area contributed by atoms with Gasteiger partial charge in [-0.15, -0.1) is 0 Å². The highest BCUT2D eigenvalue weighted by atomic mass is 16.7. The van der Waals surface area contributed by atoms with Crippen LogP contribution in [0, 0.1) is 5.92 Å². The summed E-state index contributed by atoms with van der Waals surface area (Å²) in [6.07, 6.45) is 4.24. The van der Waals surface area contributed by atoms with E-state index in [9.17, 15) is 4.79 Å². The number of carbonyl (C=O) groups is 1. The monoisotopic (exact) mass is 308 g/mol. The van der Waals surface area contributed by atoms with Crippen molar-refractivity contribution in [3.63, 3.8) is 0 Å². The van der Waals surface area contributed by atoms with Gasteiger partial charge in [0.05, 0.1) is 19.8 Å². The second-order valence-corrected chi connectivity index (χ2v) is 5.51. The third kappa shape index (κ3) is 5.00. The fourth-order valence-corrected chi connectivity index (χ4v) is 2.28. The predicted molar refractivity (Wildman–Crippen MR) is 81.8 cm³/mol. The van der Waals surface area contributed by atoms with Gasteiger partial charge in [0.15, 0.2) is 6.29 Å². The molecule has 22 heavy (non-hydrogen) atoms. The van der Waals surface area contributed by atoms with Gasteiger partial charge in [0.1, 0.15) is 11.7 Å². The summed E-state index contributed by atoms with van der Waals surface area (Å²) in [5, 5.41) is 8.89. The van der Waals surface area contributed by atoms with Crippen LogP contribution in [-0.2, 0) is 14.3 Å². The number of carboxylic acids is 1. The van der Waals surface area contributed by atoms with E-state index in [0.29, 0.717) is 0 Å². The first-order valence-electron chi connectivity index (χ1n) is 7.89. The Kier molecular flexibility index (Phi) is 6.68. The van der Waals surface area contributed by atoms with E-state index in [-0.39, 0.29) is 13.2 Å². The molecule has 0 aromatic heterocycles. The Morgan fingerprint density at radius 3 is 2.45 bits per heavy atom. The molecule has 1 heterocycles. The maximum Gasteiger partial charge on any atom is 0.311 e. The third-order valence-corrected chi connectivity index (χ3v) is 3.67. The first-order valence-corrected chi connectivity index (χ1v) is 7.89. The van der Waals surface area contributed by atoms with Gasteiger partial charge in [-0.3, -0.25) is 4.79 Å². The summed E-state index contributed by atoms with van der Waals surface area (Å²) >= 11 is 0. The van der Waals surface area contributed by atoms with Crippen molar-refractivity contribution in [2.24, 2.45) is 5.92 Å². The first-order chi connectivity index (χ1) is 10.7. The highest BCUT2D eigenvalue weighted by Crippen LogP contribution is 2.26. The first kappa shape index (κ1) is 16.8. The van der Waals surface area contributed by atoms with Crippen LogP contribution in [0.3, 0.4) is 0 Å². The molecule has 5 heteroatoms. The lowest BCUT2D eigenvalue weighted by molar-refractivity contribution is -0.211. The Balaban J connectivity index is 1.76. The van der Waals surface area contributed by atoms with Crippen LogP contribution < -0.4 is 4.74 Å². The molecule has 1 fully saturated rings. The van der Waals surface area contributed by atoms with E-state index >= 15 is 0 Å². The second-order valence-electron chi connectivity index (χ2n) is 5.51. The van der Waals surface area contributed by atoms with Gasteiger partial charge in [-0.05, 0) is 18.6 Å². The quantitative estimate of drug-likeness (QED) is 0.746. The van der Waals surface area contributed by atoms with Gasteiger partial charge in [0.2, 0.25) is 0 Å². The third-order valence-electron chi connectivity index (χ3n) is 3.67. The molecule has 0 radical (unpaired) electrons. The van der Waals surface area contributed by atoms with Crippen molar-refractivity contribution in [3.05, 3.63) is 29.8 Å². The number of benzene rings is 1. The fraction of sp³-hybridized carbons (Fsp3) is 0.588. The summed E-state index contributed by atoms with van der Waals surface area (Å²) in [5.74, 6) is -0.633. The van der Waals surface area contributed by atoms with Crippen molar-refractivity contribution >= 4 is 5.97 Å². The van der Waals surface area contributed by atoms with Crippen molar-refractivity contribution in [3.8, 4) is 5.75 Å². The van der Waals surface area contributed by atoms with E-state index in [2.05, 4.69) is 6.92 Å². The van der Waals surface area contributed by atoms with E-state index in [1.165, 1.54) is 19.3 Å². The summed E-state index contributed by atoms with van der Waals surface area (Å²) < 4.78 is 16.6. The van der Waals surface area contributed by atoms with Crippen LogP contribution in [0.4, 0.5) is 0 Å². The molecular formula is C17H24O5. The number of rotatable bonds is 8. The van der Waals surface area contributed by atoms with Gasteiger partial charge < -0.3 is 19.3 Å². The summed E-state index contributed by atoms with van der Waals surface area (Å²) in [6.45, 7) is 3.27. The molecule has 1 aromatic carbocycles. The summed E-state index contributed by atoms with van der Waals surface area (Å²) in [7, 11) is 0. The highest BCUT2D eigenvalue weighted by Gasteiger charge is 2.28. The maximum absolute atomic E-state index is 10.8. The minimum Gasteiger partial charge on any atom is -0.494 e. The number of hydrogen-bond acceptors (Lipinski definition) is 4. The summed E-state index contributed by atoms with van der Waals surface area (Å²) in [6, 6.07) is 7.58. The van der Waals surface area contributed by atoms with Gasteiger partial charge >= 0.3 is 5.97 Å². The molecule has 0 aliphatic carbocycles. The van der Waals surface area contributed by atoms with Gasteiger partial charge in [0, 0.05) is 5.56 Å². The number of unbranched alkanes of at least 4 members (excludes halogenated alkanes) is 3. The second kappa shape index (κ2) is 8.76. The van der Waals surface area contributed by atoms with Gasteiger partial charge in [-0.1, -0.05) is 38.3 Å². The molecule has 0 saturated carbocycles. The van der Waals surface area contributed by atoms with Crippen LogP contribution in [0.5, 0.6) is 5.75 Å². The number of aliphatic carboxylic acids is 1. The molecule has 1 saturated heterocycles. The van der Waals surface area contributed by atoms with E-state index in [1.54, 1.807) is 0 Å². The van der Waals surface area contributed by atoms with Crippen LogP contribution in [0.15, 0.2) is 24.3 Å². The molecule has 0 bridgehead atoms. The molecule has 1 N–H and O–H groups in total. The molecular weight excluding hydrogens is 284 g/mol. The summed E-state index contributed by atoms with van der Waals surface area (Å²) in [4.78, 5) is 10.8. The molecule has 1 aromatic rings. The lowest BCUT2D eigenvalue weighted by atomic mass is 10.1. The summed E-state index contributed by atoms with van der Waals surface area (Å²) in [5.41, 5.74) is 0.877. The van der Waals surface area contributed by atoms with Crippen LogP contribution in [0.1, 0.15) is 44.5 Å². The van der Waals surface area contributed by atoms with E-state index < -0.39 is 18.2 Å². The van der Waals surface area contributed by atoms with E-state index in [0.717, 1.165) is 24.3 Å². The zero-order valence-corrected chi connectivity index (χ0v) is 13.0. The largest absolute Gasteiger partial charge is 0.494 e. The van der Waals surface area contributed by atoms with Gasteiger partial charge in [0.25, 0.3) is 0 Å². The topological polar surface area (TPSA) is 65.0 Å². The predicted octanol–water partition coefficient (Wildman–Crippen LogP) is 3.39. The van der Waals surface area contributed by atoms with Crippen molar-refractivity contribution < 1.29 is 24.1 Å². The molecule has 0 amide bonds. The van der Waals surface area contributed by atoms with Crippen molar-refractivity contribution in [1.82, 2.24) is 0 Å². The van der Waals surface area contributed by atoms with Crippen molar-refractivity contribution in [2.75, 3.05) is 19.8 Å². The highest BCUT2D eigenvalue weighted by molar-refractivity contribution is 5.70. The van der Waals surface area contributed by atoms with Crippen molar-refractivity contribution in [2.45, 2.75) is 38.9 Å². The smallest absolute Gasteiger partial charge is 0.311 e. The zero-order chi connectivity index (χ0) is 15.8. The molecule has 1 aliphatic rings. The molecule has 0 unspecified atom stereocenters. The molecule has 0 atom stereocenters. The van der Waals surface area contributed by atoms with Gasteiger partial charge in [-0.25, -0.2) is 0 Å². The molecule has 5 nitrogen and oxygen atoms in total. The lowest BCUT2D eigenvalue weighted by Gasteiger charge is -2.27. The van der Waals surface area contributed by atoms with Crippen LogP contribution in [0.2, 0.25) is 0 Å². The van der Waals surface area contributed by atoms with Gasteiger partial charge in [-0.2, -0.15) is 0 Å². The standard InChI is InChI=1S/C17H24O5/c1-2-3-4-5-10-20-15-8-6-13(7-9-15)17-21-11-14(12-22-17)16(18)19/h6-9,14,17H,2-5,10-12H2,1H3,(H,18,19). The Morgan fingerprint density at radius 1 is 1.18 bits per heavy atom. The fourth-order valence-electron chi connectivity index (χ4n) is 2.28. The average Bonchev–Trinajstić information content (AvgIpc) is 2.55. The Morgan fingerprint density at radius 2 is 1.86 bits per heavy atom. The van der Waals surface area contributed by atoms with E-state index in [4.69, 9.17) is 19.3 Å². The normalized spacial score (nSPS) is 21.5. The average molecular weight is 308 g/mol. The van der Waals surface area contributed by atoms with E-state index in [1.807, 2.05) is 24.3 Å². The van der Waals surface area contributed by atoms with Crippen LogP contribution >= 0.6 is 0 Å². The number of hydrogen-bond donors (Lipinski definition) is 1. The molecule has 1 aliphatic heterocycles. The SMILES string of the molecule is CCCCCCOc1ccc(C2OCC(C(=O)O)CO2)cc1. The maximum atomic E-state index is 10.8. The lowest BCUT2D eigenvalue weighted by Crippen LogP contribution is -2.32. The van der Waals surface area contributed by atoms with Crippen LogP contribution in [-0.4, -0.2) is 30.9 Å². The minimum atomic E-state index is -0.884. The molecule has 122 valence electrons. The Labute approximate surface area is 131 Å². The number of carboxylic acid groups (broad SMARTS) is 1. The number of ether oxygens (including phenoxy) is 3. The molecule has 2 rings (SSSR count).